The van der Waals surface area contributed by atoms with Gasteiger partial charge in [-0.3, -0.25) is 4.79 Å². The Morgan fingerprint density at radius 1 is 1.40 bits per heavy atom. The van der Waals surface area contributed by atoms with Crippen molar-refractivity contribution in [3.63, 3.8) is 0 Å². The molecule has 0 spiro atoms. The Morgan fingerprint density at radius 3 is 2.50 bits per heavy atom. The van der Waals surface area contributed by atoms with Gasteiger partial charge in [0, 0.05) is 0 Å². The summed E-state index contributed by atoms with van der Waals surface area (Å²) in [5, 5.41) is -0.0423. The molecule has 3 nitrogen and oxygen atoms in total. The van der Waals surface area contributed by atoms with E-state index in [1.54, 1.807) is 0 Å². The number of thioether (sulfide) groups is 1. The zero-order valence-corrected chi connectivity index (χ0v) is 6.66. The van der Waals surface area contributed by atoms with Crippen LogP contribution in [0.5, 0.6) is 0 Å². The molecule has 1 aliphatic heterocycles. The van der Waals surface area contributed by atoms with Crippen molar-refractivity contribution in [3.8, 4) is 0 Å². The molecular weight excluding hydrogens is 152 g/mol. The number of carbonyl (C=O) groups excluding carboxylic acids is 1. The molecule has 56 valence electrons. The van der Waals surface area contributed by atoms with Crippen molar-refractivity contribution in [3.05, 3.63) is 11.5 Å². The number of ether oxygens (including phenoxy) is 2. The Labute approximate surface area is 63.4 Å². The Kier molecular flexibility index (Phi) is 2.21. The van der Waals surface area contributed by atoms with Gasteiger partial charge in [-0.1, -0.05) is 11.8 Å². The lowest BCUT2D eigenvalue weighted by Gasteiger charge is -2.00. The van der Waals surface area contributed by atoms with Crippen molar-refractivity contribution in [2.24, 2.45) is 0 Å². The molecule has 4 heteroatoms. The molecule has 1 aliphatic rings. The number of rotatable bonds is 2. The van der Waals surface area contributed by atoms with Crippen molar-refractivity contribution < 1.29 is 14.3 Å². The van der Waals surface area contributed by atoms with Gasteiger partial charge in [0.1, 0.15) is 0 Å². The molecule has 0 aromatic carbocycles. The summed E-state index contributed by atoms with van der Waals surface area (Å²) in [5.41, 5.74) is 0. The number of methoxy groups -OCH3 is 2. The number of hydrogen-bond acceptors (Lipinski definition) is 4. The molecule has 0 N–H and O–H groups in total. The monoisotopic (exact) mass is 160 g/mol. The summed E-state index contributed by atoms with van der Waals surface area (Å²) in [6.45, 7) is 0. The number of carbonyl (C=O) groups is 1. The first kappa shape index (κ1) is 7.47. The van der Waals surface area contributed by atoms with Crippen LogP contribution in [0.2, 0.25) is 0 Å². The third kappa shape index (κ3) is 1.11. The van der Waals surface area contributed by atoms with E-state index in [2.05, 4.69) is 0 Å². The van der Waals surface area contributed by atoms with Crippen molar-refractivity contribution in [2.75, 3.05) is 20.0 Å². The predicted molar refractivity (Wildman–Crippen MR) is 38.5 cm³/mol. The van der Waals surface area contributed by atoms with Crippen LogP contribution >= 0.6 is 11.8 Å². The van der Waals surface area contributed by atoms with Gasteiger partial charge < -0.3 is 9.47 Å². The van der Waals surface area contributed by atoms with Crippen molar-refractivity contribution in [1.29, 1.82) is 0 Å². The highest BCUT2D eigenvalue weighted by Crippen LogP contribution is 2.26. The van der Waals surface area contributed by atoms with E-state index in [9.17, 15) is 4.79 Å². The Balaban J connectivity index is 2.81. The SMILES string of the molecule is COC1=C(OC)C(=O)SC1. The van der Waals surface area contributed by atoms with Crippen LogP contribution in [0.4, 0.5) is 0 Å². The van der Waals surface area contributed by atoms with Crippen LogP contribution in [-0.4, -0.2) is 25.1 Å². The summed E-state index contributed by atoms with van der Waals surface area (Å²) < 4.78 is 9.71. The molecule has 0 unspecified atom stereocenters. The van der Waals surface area contributed by atoms with Gasteiger partial charge in [0.15, 0.2) is 5.76 Å². The Morgan fingerprint density at radius 2 is 2.10 bits per heavy atom. The van der Waals surface area contributed by atoms with Gasteiger partial charge in [0.05, 0.1) is 20.0 Å². The average molecular weight is 160 g/mol. The van der Waals surface area contributed by atoms with Crippen LogP contribution < -0.4 is 0 Å². The molecule has 0 bridgehead atoms. The van der Waals surface area contributed by atoms with Gasteiger partial charge in [-0.2, -0.15) is 0 Å². The molecule has 0 aliphatic carbocycles. The highest BCUT2D eigenvalue weighted by atomic mass is 32.2. The van der Waals surface area contributed by atoms with Crippen molar-refractivity contribution in [1.82, 2.24) is 0 Å². The minimum Gasteiger partial charge on any atom is -0.496 e. The largest absolute Gasteiger partial charge is 0.496 e. The lowest BCUT2D eigenvalue weighted by Crippen LogP contribution is -1.97. The van der Waals surface area contributed by atoms with Gasteiger partial charge >= 0.3 is 0 Å². The Bertz CT molecular complexity index is 185. The molecule has 10 heavy (non-hydrogen) atoms. The molecule has 0 saturated heterocycles. The summed E-state index contributed by atoms with van der Waals surface area (Å²) in [6, 6.07) is 0. The maximum absolute atomic E-state index is 10.9. The summed E-state index contributed by atoms with van der Waals surface area (Å²) >= 11 is 1.20. The van der Waals surface area contributed by atoms with Crippen molar-refractivity contribution in [2.45, 2.75) is 0 Å². The maximum atomic E-state index is 10.9. The van der Waals surface area contributed by atoms with E-state index in [0.717, 1.165) is 0 Å². The predicted octanol–water partition coefficient (Wildman–Crippen LogP) is 0.764. The van der Waals surface area contributed by atoms with Crippen LogP contribution in [0.1, 0.15) is 0 Å². The van der Waals surface area contributed by atoms with Gasteiger partial charge in [0.25, 0.3) is 5.12 Å². The first-order chi connectivity index (χ1) is 4.79. The molecular formula is C6H8O3S. The van der Waals surface area contributed by atoms with E-state index in [1.165, 1.54) is 26.0 Å². The summed E-state index contributed by atoms with van der Waals surface area (Å²) in [6.07, 6.45) is 0. The lowest BCUT2D eigenvalue weighted by molar-refractivity contribution is -0.110. The molecule has 0 aromatic rings. The molecule has 0 saturated carbocycles. The fraction of sp³-hybridized carbons (Fsp3) is 0.500. The summed E-state index contributed by atoms with van der Waals surface area (Å²) in [7, 11) is 3.01. The smallest absolute Gasteiger partial charge is 0.257 e. The van der Waals surface area contributed by atoms with Gasteiger partial charge in [-0.25, -0.2) is 0 Å². The van der Waals surface area contributed by atoms with E-state index in [0.29, 0.717) is 17.3 Å². The molecule has 1 heterocycles. The fourth-order valence-corrected chi connectivity index (χ4v) is 1.56. The Hall–Kier alpha value is -0.640. The molecule has 0 fully saturated rings. The van der Waals surface area contributed by atoms with Gasteiger partial charge in [0.2, 0.25) is 5.76 Å². The minimum atomic E-state index is -0.0423. The third-order valence-electron chi connectivity index (χ3n) is 1.22. The highest BCUT2D eigenvalue weighted by molar-refractivity contribution is 8.14. The second-order valence-electron chi connectivity index (χ2n) is 1.74. The summed E-state index contributed by atoms with van der Waals surface area (Å²) in [4.78, 5) is 10.9. The van der Waals surface area contributed by atoms with E-state index in [-0.39, 0.29) is 5.12 Å². The highest BCUT2D eigenvalue weighted by Gasteiger charge is 2.25. The first-order valence-corrected chi connectivity index (χ1v) is 3.76. The topological polar surface area (TPSA) is 35.5 Å². The summed E-state index contributed by atoms with van der Waals surface area (Å²) in [5.74, 6) is 1.59. The van der Waals surface area contributed by atoms with E-state index < -0.39 is 0 Å². The second kappa shape index (κ2) is 2.96. The van der Waals surface area contributed by atoms with Crippen LogP contribution in [0.15, 0.2) is 11.5 Å². The zero-order chi connectivity index (χ0) is 7.56. The normalized spacial score (nSPS) is 18.0. The van der Waals surface area contributed by atoms with Gasteiger partial charge in [-0.15, -0.1) is 0 Å². The average Bonchev–Trinajstić information content (AvgIpc) is 2.30. The number of hydrogen-bond donors (Lipinski definition) is 0. The standard InChI is InChI=1S/C6H8O3S/c1-8-4-3-10-6(7)5(4)9-2/h3H2,1-2H3. The van der Waals surface area contributed by atoms with Crippen molar-refractivity contribution >= 4 is 16.9 Å². The van der Waals surface area contributed by atoms with E-state index >= 15 is 0 Å². The minimum absolute atomic E-state index is 0.0423. The zero-order valence-electron chi connectivity index (χ0n) is 5.84. The third-order valence-corrected chi connectivity index (χ3v) is 2.08. The van der Waals surface area contributed by atoms with Crippen LogP contribution in [-0.2, 0) is 14.3 Å². The lowest BCUT2D eigenvalue weighted by atomic mass is 10.4. The molecule has 0 radical (unpaired) electrons. The van der Waals surface area contributed by atoms with E-state index in [4.69, 9.17) is 9.47 Å². The maximum Gasteiger partial charge on any atom is 0.257 e. The molecule has 1 rings (SSSR count). The van der Waals surface area contributed by atoms with E-state index in [1.807, 2.05) is 0 Å². The molecule has 0 aromatic heterocycles. The second-order valence-corrected chi connectivity index (χ2v) is 2.68. The molecule has 0 atom stereocenters. The van der Waals surface area contributed by atoms with Gasteiger partial charge in [-0.05, 0) is 0 Å². The first-order valence-electron chi connectivity index (χ1n) is 2.78. The molecule has 0 amide bonds. The van der Waals surface area contributed by atoms with Crippen LogP contribution in [0.3, 0.4) is 0 Å². The fourth-order valence-electron chi connectivity index (χ4n) is 0.725. The van der Waals surface area contributed by atoms with Crippen LogP contribution in [0, 0.1) is 0 Å². The quantitative estimate of drug-likeness (QED) is 0.597. The van der Waals surface area contributed by atoms with Crippen LogP contribution in [0.25, 0.3) is 0 Å².